The maximum atomic E-state index is 13.1. The van der Waals surface area contributed by atoms with Crippen molar-refractivity contribution in [3.8, 4) is 0 Å². The third-order valence-electron chi connectivity index (χ3n) is 10.8. The molecular formula is C52H93NO5. The molecule has 58 heavy (non-hydrogen) atoms. The van der Waals surface area contributed by atoms with Crippen molar-refractivity contribution < 1.29 is 24.5 Å². The first-order valence-electron chi connectivity index (χ1n) is 24.5. The molecule has 0 saturated carbocycles. The van der Waals surface area contributed by atoms with Crippen molar-refractivity contribution in [2.75, 3.05) is 6.61 Å². The summed E-state index contributed by atoms with van der Waals surface area (Å²) >= 11 is 0. The molecule has 0 aromatic rings. The van der Waals surface area contributed by atoms with Gasteiger partial charge in [0.2, 0.25) is 5.91 Å². The summed E-state index contributed by atoms with van der Waals surface area (Å²) in [5, 5.41) is 23.6. The molecule has 0 fully saturated rings. The second-order valence-electron chi connectivity index (χ2n) is 16.5. The average molecular weight is 812 g/mol. The van der Waals surface area contributed by atoms with Crippen LogP contribution in [0.5, 0.6) is 0 Å². The fourth-order valence-corrected chi connectivity index (χ4v) is 7.05. The summed E-state index contributed by atoms with van der Waals surface area (Å²) in [5.74, 6) is -0.529. The Morgan fingerprint density at radius 1 is 0.500 bits per heavy atom. The highest BCUT2D eigenvalue weighted by atomic mass is 16.5. The van der Waals surface area contributed by atoms with Gasteiger partial charge in [-0.3, -0.25) is 9.59 Å². The Balaban J connectivity index is 4.58. The predicted molar refractivity (Wildman–Crippen MR) is 250 cm³/mol. The quantitative estimate of drug-likeness (QED) is 0.0324. The molecule has 336 valence electrons. The van der Waals surface area contributed by atoms with Crippen LogP contribution in [0.2, 0.25) is 0 Å². The molecular weight excluding hydrogens is 719 g/mol. The van der Waals surface area contributed by atoms with E-state index in [9.17, 15) is 19.8 Å². The highest BCUT2D eigenvalue weighted by Crippen LogP contribution is 2.17. The number of allylic oxidation sites excluding steroid dienone is 10. The lowest BCUT2D eigenvalue weighted by atomic mass is 10.0. The van der Waals surface area contributed by atoms with Gasteiger partial charge < -0.3 is 20.3 Å². The first-order chi connectivity index (χ1) is 28.5. The Hall–Kier alpha value is -2.44. The van der Waals surface area contributed by atoms with E-state index in [1.54, 1.807) is 0 Å². The van der Waals surface area contributed by atoms with Crippen LogP contribution in [0.4, 0.5) is 0 Å². The number of unbranched alkanes of at least 4 members (excludes halogenated alkanes) is 21. The van der Waals surface area contributed by atoms with E-state index < -0.39 is 18.2 Å². The largest absolute Gasteiger partial charge is 0.462 e. The molecule has 6 nitrogen and oxygen atoms in total. The summed E-state index contributed by atoms with van der Waals surface area (Å²) in [6, 6.07) is -0.712. The lowest BCUT2D eigenvalue weighted by Crippen LogP contribution is -2.46. The summed E-state index contributed by atoms with van der Waals surface area (Å²) in [6.07, 6.45) is 55.7. The van der Waals surface area contributed by atoms with Gasteiger partial charge in [0.1, 0.15) is 6.10 Å². The highest BCUT2D eigenvalue weighted by molar-refractivity contribution is 5.77. The van der Waals surface area contributed by atoms with Gasteiger partial charge in [0.15, 0.2) is 0 Å². The first kappa shape index (κ1) is 55.6. The number of hydrogen-bond acceptors (Lipinski definition) is 5. The summed E-state index contributed by atoms with van der Waals surface area (Å²) in [4.78, 5) is 26.0. The molecule has 0 aromatic carbocycles. The lowest BCUT2D eigenvalue weighted by Gasteiger charge is -2.24. The molecule has 3 atom stereocenters. The van der Waals surface area contributed by atoms with Crippen molar-refractivity contribution >= 4 is 11.9 Å². The zero-order valence-electron chi connectivity index (χ0n) is 38.2. The van der Waals surface area contributed by atoms with Crippen LogP contribution in [0.1, 0.15) is 233 Å². The number of rotatable bonds is 43. The fraction of sp³-hybridized carbons (Fsp3) is 0.769. The van der Waals surface area contributed by atoms with Crippen LogP contribution < -0.4 is 5.32 Å². The molecule has 0 aliphatic carbocycles. The number of amides is 1. The molecule has 1 amide bonds. The Labute approximate surface area is 358 Å². The molecule has 0 aliphatic heterocycles. The molecule has 0 saturated heterocycles. The van der Waals surface area contributed by atoms with Crippen LogP contribution in [0.15, 0.2) is 60.8 Å². The van der Waals surface area contributed by atoms with Gasteiger partial charge in [-0.1, -0.05) is 184 Å². The van der Waals surface area contributed by atoms with Crippen molar-refractivity contribution in [2.45, 2.75) is 251 Å². The topological polar surface area (TPSA) is 95.9 Å². The van der Waals surface area contributed by atoms with E-state index in [4.69, 9.17) is 4.74 Å². The molecule has 0 radical (unpaired) electrons. The number of carbonyl (C=O) groups excluding carboxylic acids is 2. The maximum absolute atomic E-state index is 13.1. The molecule has 0 aliphatic rings. The molecule has 0 heterocycles. The third kappa shape index (κ3) is 40.3. The number of aliphatic hydroxyl groups is 2. The second-order valence-corrected chi connectivity index (χ2v) is 16.5. The predicted octanol–water partition coefficient (Wildman–Crippen LogP) is 14.5. The summed E-state index contributed by atoms with van der Waals surface area (Å²) in [7, 11) is 0. The van der Waals surface area contributed by atoms with Gasteiger partial charge in [-0.05, 0) is 96.3 Å². The van der Waals surface area contributed by atoms with E-state index in [2.05, 4.69) is 86.8 Å². The molecule has 0 spiro atoms. The Morgan fingerprint density at radius 3 is 1.38 bits per heavy atom. The van der Waals surface area contributed by atoms with Crippen LogP contribution in [0, 0.1) is 0 Å². The highest BCUT2D eigenvalue weighted by Gasteiger charge is 2.24. The number of hydrogen-bond donors (Lipinski definition) is 3. The van der Waals surface area contributed by atoms with E-state index in [1.165, 1.54) is 89.9 Å². The average Bonchev–Trinajstić information content (AvgIpc) is 3.22. The van der Waals surface area contributed by atoms with Crippen LogP contribution in [0.3, 0.4) is 0 Å². The van der Waals surface area contributed by atoms with Crippen LogP contribution in [-0.2, 0) is 14.3 Å². The third-order valence-corrected chi connectivity index (χ3v) is 10.8. The number of esters is 1. The maximum Gasteiger partial charge on any atom is 0.306 e. The summed E-state index contributed by atoms with van der Waals surface area (Å²) in [5.41, 5.74) is 0. The Bertz CT molecular complexity index is 1050. The second kappa shape index (κ2) is 45.6. The minimum absolute atomic E-state index is 0.0522. The molecule has 0 rings (SSSR count). The first-order valence-corrected chi connectivity index (χ1v) is 24.5. The number of nitrogens with one attached hydrogen (secondary N) is 1. The van der Waals surface area contributed by atoms with Gasteiger partial charge in [0.25, 0.3) is 0 Å². The monoisotopic (exact) mass is 812 g/mol. The molecule has 3 unspecified atom stereocenters. The van der Waals surface area contributed by atoms with Gasteiger partial charge in [0.05, 0.1) is 25.2 Å². The van der Waals surface area contributed by atoms with E-state index in [0.29, 0.717) is 19.3 Å². The minimum atomic E-state index is -0.796. The van der Waals surface area contributed by atoms with E-state index in [0.717, 1.165) is 96.3 Å². The zero-order chi connectivity index (χ0) is 42.4. The lowest BCUT2D eigenvalue weighted by molar-refractivity contribution is -0.151. The molecule has 3 N–H and O–H groups in total. The normalized spacial score (nSPS) is 13.8. The Kier molecular flexibility index (Phi) is 43.7. The number of aliphatic hydroxyl groups excluding tert-OH is 2. The van der Waals surface area contributed by atoms with Crippen LogP contribution >= 0.6 is 0 Å². The molecule has 0 bridgehead atoms. The minimum Gasteiger partial charge on any atom is -0.462 e. The van der Waals surface area contributed by atoms with E-state index >= 15 is 0 Å². The van der Waals surface area contributed by atoms with E-state index in [-0.39, 0.29) is 24.9 Å². The summed E-state index contributed by atoms with van der Waals surface area (Å²) < 4.78 is 5.89. The van der Waals surface area contributed by atoms with Crippen LogP contribution in [0.25, 0.3) is 0 Å². The fourth-order valence-electron chi connectivity index (χ4n) is 7.05. The van der Waals surface area contributed by atoms with Gasteiger partial charge >= 0.3 is 5.97 Å². The van der Waals surface area contributed by atoms with Gasteiger partial charge in [-0.25, -0.2) is 0 Å². The van der Waals surface area contributed by atoms with Crippen molar-refractivity contribution in [3.63, 3.8) is 0 Å². The number of ether oxygens (including phenoxy) is 1. The SMILES string of the molecule is CCCCC/C=C\C/C=C\C/C=C\C/C=C\CCCCCC(=O)OC(CCCCC/C=C\CCCCC)CC(=O)NC(CO)C(O)CCCCCCCCCCCC. The standard InChI is InChI=1S/C52H93NO5/c1-4-7-10-13-16-19-22-23-24-25-26-27-28-29-30-33-36-39-42-45-52(57)58-48(43-40-37-34-31-20-17-14-11-8-5-2)46-51(56)53-49(47-54)50(55)44-41-38-35-32-21-18-15-12-9-6-3/h16-17,19-20,23-24,26-27,29-30,48-50,54-55H,4-15,18,21-22,25,28,31-47H2,1-3H3,(H,53,56)/b19-16-,20-17-,24-23-,27-26-,30-29-. The van der Waals surface area contributed by atoms with Crippen molar-refractivity contribution in [1.29, 1.82) is 0 Å². The van der Waals surface area contributed by atoms with Crippen molar-refractivity contribution in [3.05, 3.63) is 60.8 Å². The number of carbonyl (C=O) groups is 2. The zero-order valence-corrected chi connectivity index (χ0v) is 38.2. The molecule has 6 heteroatoms. The van der Waals surface area contributed by atoms with Gasteiger partial charge in [0, 0.05) is 6.42 Å². The van der Waals surface area contributed by atoms with Gasteiger partial charge in [-0.2, -0.15) is 0 Å². The van der Waals surface area contributed by atoms with Crippen molar-refractivity contribution in [2.24, 2.45) is 0 Å². The smallest absolute Gasteiger partial charge is 0.306 e. The molecule has 0 aromatic heterocycles. The summed E-state index contributed by atoms with van der Waals surface area (Å²) in [6.45, 7) is 6.39. The van der Waals surface area contributed by atoms with E-state index in [1.807, 2.05) is 0 Å². The van der Waals surface area contributed by atoms with Gasteiger partial charge in [-0.15, -0.1) is 0 Å². The van der Waals surface area contributed by atoms with Crippen LogP contribution in [-0.4, -0.2) is 46.9 Å². The van der Waals surface area contributed by atoms with Crippen molar-refractivity contribution in [1.82, 2.24) is 5.32 Å². The Morgan fingerprint density at radius 2 is 0.879 bits per heavy atom.